The average molecular weight is 278 g/mol. The van der Waals surface area contributed by atoms with Crippen molar-refractivity contribution in [1.29, 1.82) is 0 Å². The highest BCUT2D eigenvalue weighted by molar-refractivity contribution is 7.17. The minimum atomic E-state index is -0.353. The third-order valence-electron chi connectivity index (χ3n) is 3.44. The van der Waals surface area contributed by atoms with E-state index in [0.717, 1.165) is 11.1 Å². The number of nitrogens with one attached hydrogen (secondary N) is 1. The van der Waals surface area contributed by atoms with E-state index >= 15 is 0 Å². The van der Waals surface area contributed by atoms with Gasteiger partial charge in [-0.25, -0.2) is 0 Å². The number of fused-ring (bicyclic) bond motifs is 1. The summed E-state index contributed by atoms with van der Waals surface area (Å²) >= 11 is 1.71. The monoisotopic (exact) mass is 278 g/mol. The maximum atomic E-state index is 10.0. The molecule has 0 aliphatic carbocycles. The van der Waals surface area contributed by atoms with E-state index in [4.69, 9.17) is 0 Å². The minimum Gasteiger partial charge on any atom is -0.391 e. The lowest BCUT2D eigenvalue weighted by Crippen LogP contribution is -2.37. The molecule has 0 bridgehead atoms. The van der Waals surface area contributed by atoms with Gasteiger partial charge in [0.15, 0.2) is 0 Å². The lowest BCUT2D eigenvalue weighted by Gasteiger charge is -2.27. The third kappa shape index (κ3) is 3.53. The molecule has 0 radical (unpaired) electrons. The Morgan fingerprint density at radius 1 is 1.42 bits per heavy atom. The maximum Gasteiger partial charge on any atom is 0.0809 e. The van der Waals surface area contributed by atoms with Gasteiger partial charge in [0.25, 0.3) is 0 Å². The summed E-state index contributed by atoms with van der Waals surface area (Å²) in [6.45, 7) is 8.83. The van der Waals surface area contributed by atoms with Crippen LogP contribution in [0.5, 0.6) is 0 Å². The van der Waals surface area contributed by atoms with Gasteiger partial charge < -0.3 is 10.4 Å². The summed E-state index contributed by atoms with van der Waals surface area (Å²) < 4.78 is 1.21. The number of hydrogen-bond acceptors (Lipinski definition) is 4. The van der Waals surface area contributed by atoms with Crippen LogP contribution in [0.25, 0.3) is 10.2 Å². The molecule has 2 atom stereocenters. The topological polar surface area (TPSA) is 45.1 Å². The van der Waals surface area contributed by atoms with Gasteiger partial charge in [0.1, 0.15) is 0 Å². The molecule has 0 spiro atoms. The van der Waals surface area contributed by atoms with E-state index in [2.05, 4.69) is 28.7 Å². The lowest BCUT2D eigenvalue weighted by atomic mass is 9.89. The molecule has 2 heterocycles. The zero-order chi connectivity index (χ0) is 14.0. The van der Waals surface area contributed by atoms with Gasteiger partial charge in [-0.1, -0.05) is 20.8 Å². The van der Waals surface area contributed by atoms with Crippen molar-refractivity contribution in [3.63, 3.8) is 0 Å². The van der Waals surface area contributed by atoms with Crippen molar-refractivity contribution in [3.05, 3.63) is 29.3 Å². The maximum absolute atomic E-state index is 10.0. The average Bonchev–Trinajstić information content (AvgIpc) is 2.81. The highest BCUT2D eigenvalue weighted by atomic mass is 32.1. The second kappa shape index (κ2) is 5.57. The number of rotatable bonds is 4. The third-order valence-corrected chi connectivity index (χ3v) is 4.29. The van der Waals surface area contributed by atoms with Crippen LogP contribution in [-0.2, 0) is 0 Å². The molecule has 104 valence electrons. The van der Waals surface area contributed by atoms with Gasteiger partial charge in [0.05, 0.1) is 16.3 Å². The molecule has 0 aromatic carbocycles. The molecule has 3 nitrogen and oxygen atoms in total. The number of aromatic nitrogens is 1. The smallest absolute Gasteiger partial charge is 0.0809 e. The van der Waals surface area contributed by atoms with Gasteiger partial charge >= 0.3 is 0 Å². The predicted molar refractivity (Wildman–Crippen MR) is 81.5 cm³/mol. The summed E-state index contributed by atoms with van der Waals surface area (Å²) in [4.78, 5) is 4.45. The Labute approximate surface area is 118 Å². The predicted octanol–water partition coefficient (Wildman–Crippen LogP) is 3.35. The van der Waals surface area contributed by atoms with Gasteiger partial charge in [-0.3, -0.25) is 4.98 Å². The molecule has 0 fully saturated rings. The van der Waals surface area contributed by atoms with Crippen molar-refractivity contribution < 1.29 is 5.11 Å². The molecule has 2 N–H and O–H groups in total. The Morgan fingerprint density at radius 2 is 2.16 bits per heavy atom. The summed E-state index contributed by atoms with van der Waals surface area (Å²) in [5, 5.41) is 15.5. The van der Waals surface area contributed by atoms with E-state index in [1.165, 1.54) is 4.70 Å². The minimum absolute atomic E-state index is 0.0946. The molecule has 2 rings (SSSR count). The van der Waals surface area contributed by atoms with E-state index in [1.54, 1.807) is 11.3 Å². The quantitative estimate of drug-likeness (QED) is 0.901. The summed E-state index contributed by atoms with van der Waals surface area (Å²) in [5.41, 5.74) is 2.12. The van der Waals surface area contributed by atoms with E-state index < -0.39 is 0 Å². The Morgan fingerprint density at radius 3 is 2.84 bits per heavy atom. The van der Waals surface area contributed by atoms with Crippen LogP contribution >= 0.6 is 11.3 Å². The molecule has 0 aliphatic rings. The Bertz CT molecular complexity index is 544. The lowest BCUT2D eigenvalue weighted by molar-refractivity contribution is 0.0609. The van der Waals surface area contributed by atoms with Crippen LogP contribution in [0.15, 0.2) is 23.7 Å². The zero-order valence-electron chi connectivity index (χ0n) is 12.0. The van der Waals surface area contributed by atoms with Crippen LogP contribution in [0.4, 0.5) is 0 Å². The molecule has 2 aromatic heterocycles. The summed E-state index contributed by atoms with van der Waals surface area (Å²) in [5.74, 6) is 0. The largest absolute Gasteiger partial charge is 0.391 e. The standard InChI is InChI=1S/C15H22N2OS/c1-10(16-9-14(18)15(2,3)4)11-7-13-12(17-8-11)5-6-19-13/h5-8,10,14,16,18H,9H2,1-4H3. The van der Waals surface area contributed by atoms with Gasteiger partial charge in [0, 0.05) is 18.8 Å². The molecule has 0 saturated heterocycles. The summed E-state index contributed by atoms with van der Waals surface area (Å²) in [6, 6.07) is 4.40. The van der Waals surface area contributed by atoms with E-state index in [1.807, 2.05) is 33.0 Å². The van der Waals surface area contributed by atoms with E-state index in [0.29, 0.717) is 6.54 Å². The van der Waals surface area contributed by atoms with Crippen LogP contribution in [0.1, 0.15) is 39.3 Å². The molecule has 0 saturated carbocycles. The van der Waals surface area contributed by atoms with Crippen LogP contribution in [0.2, 0.25) is 0 Å². The highest BCUT2D eigenvalue weighted by Gasteiger charge is 2.22. The summed E-state index contributed by atoms with van der Waals surface area (Å²) in [7, 11) is 0. The highest BCUT2D eigenvalue weighted by Crippen LogP contribution is 2.23. The normalized spacial score (nSPS) is 15.6. The van der Waals surface area contributed by atoms with Crippen molar-refractivity contribution in [3.8, 4) is 0 Å². The first-order valence-corrected chi connectivity index (χ1v) is 7.50. The SMILES string of the molecule is CC(NCC(O)C(C)(C)C)c1cnc2ccsc2c1. The second-order valence-electron chi connectivity index (χ2n) is 6.08. The van der Waals surface area contributed by atoms with Crippen molar-refractivity contribution in [2.45, 2.75) is 39.8 Å². The number of aliphatic hydroxyl groups excluding tert-OH is 1. The first-order chi connectivity index (χ1) is 8.88. The Kier molecular flexibility index (Phi) is 4.23. The number of nitrogens with zero attached hydrogens (tertiary/aromatic N) is 1. The molecule has 2 aromatic rings. The molecule has 2 unspecified atom stereocenters. The van der Waals surface area contributed by atoms with Gasteiger partial charge in [0.2, 0.25) is 0 Å². The van der Waals surface area contributed by atoms with Gasteiger partial charge in [-0.2, -0.15) is 0 Å². The first kappa shape index (κ1) is 14.4. The van der Waals surface area contributed by atoms with Crippen molar-refractivity contribution in [2.75, 3.05) is 6.54 Å². The van der Waals surface area contributed by atoms with E-state index in [-0.39, 0.29) is 17.6 Å². The Hall–Kier alpha value is -0.970. The van der Waals surface area contributed by atoms with Crippen LogP contribution in [0.3, 0.4) is 0 Å². The molecule has 19 heavy (non-hydrogen) atoms. The zero-order valence-corrected chi connectivity index (χ0v) is 12.8. The number of pyridine rings is 1. The molecule has 4 heteroatoms. The van der Waals surface area contributed by atoms with Crippen LogP contribution < -0.4 is 5.32 Å². The van der Waals surface area contributed by atoms with Gasteiger partial charge in [-0.05, 0) is 35.4 Å². The molecule has 0 aliphatic heterocycles. The van der Waals surface area contributed by atoms with Crippen LogP contribution in [-0.4, -0.2) is 22.7 Å². The van der Waals surface area contributed by atoms with Gasteiger partial charge in [-0.15, -0.1) is 11.3 Å². The van der Waals surface area contributed by atoms with Crippen molar-refractivity contribution >= 4 is 21.6 Å². The summed E-state index contributed by atoms with van der Waals surface area (Å²) in [6.07, 6.45) is 1.56. The van der Waals surface area contributed by atoms with Crippen molar-refractivity contribution in [1.82, 2.24) is 10.3 Å². The van der Waals surface area contributed by atoms with Crippen LogP contribution in [0, 0.1) is 5.41 Å². The molecular weight excluding hydrogens is 256 g/mol. The molecular formula is C15H22N2OS. The fourth-order valence-corrected chi connectivity index (χ4v) is 2.60. The molecule has 0 amide bonds. The Balaban J connectivity index is 2.01. The van der Waals surface area contributed by atoms with E-state index in [9.17, 15) is 5.11 Å². The number of aliphatic hydroxyl groups is 1. The number of thiophene rings is 1. The van der Waals surface area contributed by atoms with Crippen molar-refractivity contribution in [2.24, 2.45) is 5.41 Å². The fraction of sp³-hybridized carbons (Fsp3) is 0.533. The second-order valence-corrected chi connectivity index (χ2v) is 7.03. The fourth-order valence-electron chi connectivity index (χ4n) is 1.81. The number of hydrogen-bond donors (Lipinski definition) is 2. The first-order valence-electron chi connectivity index (χ1n) is 6.62.